The van der Waals surface area contributed by atoms with E-state index in [1.54, 1.807) is 0 Å². The van der Waals surface area contributed by atoms with Crippen molar-refractivity contribution in [1.29, 1.82) is 0 Å². The van der Waals surface area contributed by atoms with Gasteiger partial charge in [-0.15, -0.1) is 0 Å². The van der Waals surface area contributed by atoms with E-state index in [4.69, 9.17) is 5.73 Å². The summed E-state index contributed by atoms with van der Waals surface area (Å²) in [5.74, 6) is 0.414. The van der Waals surface area contributed by atoms with E-state index in [-0.39, 0.29) is 12.1 Å². The van der Waals surface area contributed by atoms with E-state index in [0.29, 0.717) is 11.9 Å². The first-order chi connectivity index (χ1) is 9.74. The zero-order chi connectivity index (χ0) is 13.7. The largest absolute Gasteiger partial charge is 0.385 e. The topological polar surface area (TPSA) is 58.7 Å². The second kappa shape index (κ2) is 4.07. The van der Waals surface area contributed by atoms with Gasteiger partial charge in [0.2, 0.25) is 0 Å². The first-order valence-electron chi connectivity index (χ1n) is 6.89. The van der Waals surface area contributed by atoms with Gasteiger partial charge in [0.1, 0.15) is 11.9 Å². The Kier molecular flexibility index (Phi) is 2.33. The highest BCUT2D eigenvalue weighted by atomic mass is 16.2. The van der Waals surface area contributed by atoms with Crippen molar-refractivity contribution in [2.24, 2.45) is 10.7 Å². The summed E-state index contributed by atoms with van der Waals surface area (Å²) in [7, 11) is 0. The van der Waals surface area contributed by atoms with Crippen LogP contribution in [0.4, 0.5) is 4.79 Å². The Bertz CT molecular complexity index is 733. The minimum Gasteiger partial charge on any atom is -0.385 e. The second-order valence-corrected chi connectivity index (χ2v) is 5.47. The Labute approximate surface area is 116 Å². The van der Waals surface area contributed by atoms with Crippen LogP contribution in [0.1, 0.15) is 24.4 Å². The van der Waals surface area contributed by atoms with E-state index < -0.39 is 0 Å². The fourth-order valence-electron chi connectivity index (χ4n) is 2.91. The average Bonchev–Trinajstić information content (AvgIpc) is 3.24. The van der Waals surface area contributed by atoms with Crippen molar-refractivity contribution >= 4 is 22.6 Å². The number of nitrogens with two attached hydrogens (primary N) is 1. The molecule has 1 heterocycles. The Hall–Kier alpha value is -2.36. The normalized spacial score (nSPS) is 22.4. The number of urea groups is 1. The summed E-state index contributed by atoms with van der Waals surface area (Å²) in [6, 6.07) is 14.3. The lowest BCUT2D eigenvalue weighted by atomic mass is 10.0. The number of amides is 2. The molecule has 0 saturated heterocycles. The van der Waals surface area contributed by atoms with Crippen LogP contribution in [0.5, 0.6) is 0 Å². The predicted molar refractivity (Wildman–Crippen MR) is 78.6 cm³/mol. The first-order valence-corrected chi connectivity index (χ1v) is 6.89. The Balaban J connectivity index is 1.80. The van der Waals surface area contributed by atoms with Crippen LogP contribution in [0.2, 0.25) is 0 Å². The maximum atomic E-state index is 12.0. The predicted octanol–water partition coefficient (Wildman–Crippen LogP) is 2.84. The monoisotopic (exact) mass is 265 g/mol. The van der Waals surface area contributed by atoms with Crippen molar-refractivity contribution in [1.82, 2.24) is 4.90 Å². The number of fused-ring (bicyclic) bond motifs is 1. The molecule has 2 amide bonds. The van der Waals surface area contributed by atoms with Crippen molar-refractivity contribution < 1.29 is 4.79 Å². The molecule has 20 heavy (non-hydrogen) atoms. The minimum absolute atomic E-state index is 0.192. The van der Waals surface area contributed by atoms with Crippen LogP contribution < -0.4 is 5.73 Å². The van der Waals surface area contributed by atoms with Crippen LogP contribution in [-0.2, 0) is 0 Å². The van der Waals surface area contributed by atoms with Crippen LogP contribution in [0.3, 0.4) is 0 Å². The number of benzene rings is 2. The molecule has 4 nitrogen and oxygen atoms in total. The molecular formula is C16H15N3O. The van der Waals surface area contributed by atoms with E-state index in [2.05, 4.69) is 29.3 Å². The maximum Gasteiger partial charge on any atom is 0.346 e. The second-order valence-electron chi connectivity index (χ2n) is 5.47. The SMILES string of the molecule is NC1=NC(=O)N(C2CC2)C1c1ccc2ccccc2c1. The lowest BCUT2D eigenvalue weighted by molar-refractivity contribution is 0.203. The third kappa shape index (κ3) is 1.68. The van der Waals surface area contributed by atoms with E-state index in [9.17, 15) is 4.79 Å². The number of amidine groups is 1. The van der Waals surface area contributed by atoms with Crippen molar-refractivity contribution in [3.8, 4) is 0 Å². The van der Waals surface area contributed by atoms with Gasteiger partial charge in [-0.05, 0) is 35.2 Å². The third-order valence-electron chi connectivity index (χ3n) is 4.03. The number of carbonyl (C=O) groups excluding carboxylic acids is 1. The van der Waals surface area contributed by atoms with E-state index >= 15 is 0 Å². The number of carbonyl (C=O) groups is 1. The quantitative estimate of drug-likeness (QED) is 0.907. The molecule has 0 aromatic heterocycles. The van der Waals surface area contributed by atoms with Crippen molar-refractivity contribution in [3.63, 3.8) is 0 Å². The van der Waals surface area contributed by atoms with Crippen molar-refractivity contribution in [3.05, 3.63) is 48.0 Å². The Morgan fingerprint density at radius 1 is 1.10 bits per heavy atom. The van der Waals surface area contributed by atoms with Crippen molar-refractivity contribution in [2.75, 3.05) is 0 Å². The molecule has 100 valence electrons. The molecule has 1 saturated carbocycles. The number of rotatable bonds is 2. The maximum absolute atomic E-state index is 12.0. The number of hydrogen-bond acceptors (Lipinski definition) is 2. The van der Waals surface area contributed by atoms with Crippen LogP contribution in [0, 0.1) is 0 Å². The fraction of sp³-hybridized carbons (Fsp3) is 0.250. The summed E-state index contributed by atoms with van der Waals surface area (Å²) in [6.45, 7) is 0. The molecule has 0 radical (unpaired) electrons. The summed E-state index contributed by atoms with van der Waals surface area (Å²) < 4.78 is 0. The van der Waals surface area contributed by atoms with Gasteiger partial charge in [-0.3, -0.25) is 0 Å². The highest BCUT2D eigenvalue weighted by Crippen LogP contribution is 2.38. The average molecular weight is 265 g/mol. The van der Waals surface area contributed by atoms with Gasteiger partial charge in [-0.1, -0.05) is 36.4 Å². The molecule has 1 unspecified atom stereocenters. The molecule has 4 rings (SSSR count). The van der Waals surface area contributed by atoms with Gasteiger partial charge < -0.3 is 10.6 Å². The van der Waals surface area contributed by atoms with E-state index in [0.717, 1.165) is 23.8 Å². The molecule has 2 aliphatic rings. The fourth-order valence-corrected chi connectivity index (χ4v) is 2.91. The number of nitrogens with zero attached hydrogens (tertiary/aromatic N) is 2. The lowest BCUT2D eigenvalue weighted by Gasteiger charge is -2.24. The molecule has 2 aromatic carbocycles. The summed E-state index contributed by atoms with van der Waals surface area (Å²) in [5, 5.41) is 2.35. The van der Waals surface area contributed by atoms with E-state index in [1.807, 2.05) is 23.1 Å². The lowest BCUT2D eigenvalue weighted by Crippen LogP contribution is -2.34. The number of aliphatic imine (C=N–C) groups is 1. The molecule has 1 atom stereocenters. The van der Waals surface area contributed by atoms with Gasteiger partial charge >= 0.3 is 6.03 Å². The van der Waals surface area contributed by atoms with E-state index in [1.165, 1.54) is 5.39 Å². The summed E-state index contributed by atoms with van der Waals surface area (Å²) in [4.78, 5) is 17.8. The summed E-state index contributed by atoms with van der Waals surface area (Å²) in [5.41, 5.74) is 7.03. The first kappa shape index (κ1) is 11.5. The molecular weight excluding hydrogens is 250 g/mol. The summed E-state index contributed by atoms with van der Waals surface area (Å²) >= 11 is 0. The van der Waals surface area contributed by atoms with Crippen LogP contribution in [0.25, 0.3) is 10.8 Å². The highest BCUT2D eigenvalue weighted by Gasteiger charge is 2.43. The molecule has 2 aromatic rings. The van der Waals surface area contributed by atoms with Crippen LogP contribution in [-0.4, -0.2) is 22.8 Å². The molecule has 1 aliphatic heterocycles. The zero-order valence-corrected chi connectivity index (χ0v) is 11.0. The van der Waals surface area contributed by atoms with Crippen molar-refractivity contribution in [2.45, 2.75) is 24.9 Å². The minimum atomic E-state index is -0.195. The van der Waals surface area contributed by atoms with Gasteiger partial charge in [0.05, 0.1) is 0 Å². The van der Waals surface area contributed by atoms with Gasteiger partial charge in [-0.25, -0.2) is 4.79 Å². The third-order valence-corrected chi connectivity index (χ3v) is 4.03. The highest BCUT2D eigenvalue weighted by molar-refractivity contribution is 6.04. The Morgan fingerprint density at radius 3 is 2.60 bits per heavy atom. The van der Waals surface area contributed by atoms with Gasteiger partial charge in [-0.2, -0.15) is 4.99 Å². The Morgan fingerprint density at radius 2 is 1.85 bits per heavy atom. The molecule has 0 bridgehead atoms. The molecule has 1 aliphatic carbocycles. The van der Waals surface area contributed by atoms with Gasteiger partial charge in [0.25, 0.3) is 0 Å². The van der Waals surface area contributed by atoms with Gasteiger partial charge in [0, 0.05) is 6.04 Å². The molecule has 1 fully saturated rings. The van der Waals surface area contributed by atoms with Crippen LogP contribution >= 0.6 is 0 Å². The zero-order valence-electron chi connectivity index (χ0n) is 11.0. The van der Waals surface area contributed by atoms with Gasteiger partial charge in [0.15, 0.2) is 0 Å². The molecule has 0 spiro atoms. The molecule has 2 N–H and O–H groups in total. The summed E-state index contributed by atoms with van der Waals surface area (Å²) in [6.07, 6.45) is 2.11. The number of hydrogen-bond donors (Lipinski definition) is 1. The smallest absolute Gasteiger partial charge is 0.346 e. The molecule has 4 heteroatoms. The van der Waals surface area contributed by atoms with Crippen LogP contribution in [0.15, 0.2) is 47.5 Å². The standard InChI is InChI=1S/C16H15N3O/c17-15-14(19(13-7-8-13)16(20)18-15)12-6-5-10-3-1-2-4-11(10)9-12/h1-6,9,13-14H,7-8H2,(H2,17,18,20).